The van der Waals surface area contributed by atoms with E-state index in [0.29, 0.717) is 11.6 Å². The maximum atomic E-state index is 6.32. The fourth-order valence-corrected chi connectivity index (χ4v) is 3.95. The number of nitrogens with zero attached hydrogens (tertiary/aromatic N) is 3. The van der Waals surface area contributed by atoms with Crippen molar-refractivity contribution in [1.82, 2.24) is 9.97 Å². The molecule has 0 saturated heterocycles. The molecule has 6 heteroatoms. The second-order valence-corrected chi connectivity index (χ2v) is 7.73. The van der Waals surface area contributed by atoms with Crippen molar-refractivity contribution < 1.29 is 4.74 Å². The van der Waals surface area contributed by atoms with Gasteiger partial charge in [0, 0.05) is 24.2 Å². The van der Waals surface area contributed by atoms with Crippen molar-refractivity contribution in [2.45, 2.75) is 26.8 Å². The standard InChI is InChI=1S/C24H27N5O/c1-15-4-5-17-8-9-29(13-19(17)10-15)24-20-12-18(21(25)6-7-22(26)30-3)11-16(2)23(20)27-14-28-24/h4-7,10-12,14H,8-9,13,25-26H2,1-3H3/b21-6-,22-7+. The fraction of sp³-hybridized carbons (Fsp3) is 0.250. The van der Waals surface area contributed by atoms with Crippen molar-refractivity contribution >= 4 is 22.4 Å². The molecule has 1 aromatic heterocycles. The van der Waals surface area contributed by atoms with E-state index in [1.54, 1.807) is 18.5 Å². The molecule has 6 nitrogen and oxygen atoms in total. The van der Waals surface area contributed by atoms with Gasteiger partial charge in [0.1, 0.15) is 12.1 Å². The molecule has 1 aliphatic rings. The smallest absolute Gasteiger partial charge is 0.183 e. The zero-order valence-corrected chi connectivity index (χ0v) is 17.6. The van der Waals surface area contributed by atoms with Crippen LogP contribution in [-0.2, 0) is 17.7 Å². The van der Waals surface area contributed by atoms with Crippen LogP contribution >= 0.6 is 0 Å². The van der Waals surface area contributed by atoms with Crippen molar-refractivity contribution in [1.29, 1.82) is 0 Å². The predicted octanol–water partition coefficient (Wildman–Crippen LogP) is 3.56. The molecule has 0 atom stereocenters. The lowest BCUT2D eigenvalue weighted by molar-refractivity contribution is 0.287. The summed E-state index contributed by atoms with van der Waals surface area (Å²) in [5.74, 6) is 1.25. The van der Waals surface area contributed by atoms with Crippen molar-refractivity contribution in [2.24, 2.45) is 11.5 Å². The monoisotopic (exact) mass is 401 g/mol. The minimum atomic E-state index is 0.307. The van der Waals surface area contributed by atoms with E-state index in [1.807, 2.05) is 13.0 Å². The number of benzene rings is 2. The summed E-state index contributed by atoms with van der Waals surface area (Å²) in [6, 6.07) is 10.8. The normalized spacial score (nSPS) is 14.7. The number of anilines is 1. The quantitative estimate of drug-likeness (QED) is 0.513. The molecule has 0 unspecified atom stereocenters. The van der Waals surface area contributed by atoms with Crippen LogP contribution in [0.2, 0.25) is 0 Å². The van der Waals surface area contributed by atoms with Gasteiger partial charge in [0.25, 0.3) is 0 Å². The summed E-state index contributed by atoms with van der Waals surface area (Å²) >= 11 is 0. The van der Waals surface area contributed by atoms with Crippen LogP contribution in [0.4, 0.5) is 5.82 Å². The molecule has 154 valence electrons. The van der Waals surface area contributed by atoms with Crippen LogP contribution in [0, 0.1) is 13.8 Å². The van der Waals surface area contributed by atoms with Crippen LogP contribution in [0.5, 0.6) is 0 Å². The molecule has 4 rings (SSSR count). The van der Waals surface area contributed by atoms with Gasteiger partial charge >= 0.3 is 0 Å². The summed E-state index contributed by atoms with van der Waals surface area (Å²) in [4.78, 5) is 11.5. The Kier molecular flexibility index (Phi) is 5.31. The largest absolute Gasteiger partial charge is 0.483 e. The highest BCUT2D eigenvalue weighted by atomic mass is 16.5. The average molecular weight is 402 g/mol. The van der Waals surface area contributed by atoms with E-state index in [1.165, 1.54) is 23.8 Å². The summed E-state index contributed by atoms with van der Waals surface area (Å²) in [5, 5.41) is 1.00. The molecule has 0 fully saturated rings. The molecule has 30 heavy (non-hydrogen) atoms. The highest BCUT2D eigenvalue weighted by molar-refractivity contribution is 5.94. The van der Waals surface area contributed by atoms with Gasteiger partial charge in [-0.15, -0.1) is 0 Å². The van der Waals surface area contributed by atoms with E-state index in [4.69, 9.17) is 16.2 Å². The molecule has 0 spiro atoms. The Hall–Kier alpha value is -3.54. The first-order chi connectivity index (χ1) is 14.5. The number of aromatic nitrogens is 2. The number of nitrogens with two attached hydrogens (primary N) is 2. The summed E-state index contributed by atoms with van der Waals surface area (Å²) in [7, 11) is 1.53. The first-order valence-electron chi connectivity index (χ1n) is 10.0. The van der Waals surface area contributed by atoms with Gasteiger partial charge in [0.15, 0.2) is 5.88 Å². The summed E-state index contributed by atoms with van der Waals surface area (Å²) < 4.78 is 4.98. The van der Waals surface area contributed by atoms with Gasteiger partial charge in [-0.2, -0.15) is 0 Å². The van der Waals surface area contributed by atoms with Gasteiger partial charge in [0.2, 0.25) is 0 Å². The first kappa shape index (κ1) is 19.8. The molecule has 0 amide bonds. The SMILES string of the molecule is CO/C(N)=C/C=C(\N)c1cc(C)c2ncnc(N3CCc4ccc(C)cc4C3)c2c1. The van der Waals surface area contributed by atoms with Gasteiger partial charge in [-0.05, 0) is 66.8 Å². The molecular weight excluding hydrogens is 374 g/mol. The predicted molar refractivity (Wildman–Crippen MR) is 122 cm³/mol. The first-order valence-corrected chi connectivity index (χ1v) is 10.0. The number of methoxy groups -OCH3 is 1. The van der Waals surface area contributed by atoms with E-state index < -0.39 is 0 Å². The Balaban J connectivity index is 1.77. The lowest BCUT2D eigenvalue weighted by Crippen LogP contribution is -2.31. The average Bonchev–Trinajstić information content (AvgIpc) is 2.76. The maximum absolute atomic E-state index is 6.32. The van der Waals surface area contributed by atoms with Gasteiger partial charge < -0.3 is 21.1 Å². The van der Waals surface area contributed by atoms with E-state index in [0.717, 1.165) is 47.4 Å². The molecule has 2 heterocycles. The van der Waals surface area contributed by atoms with Crippen LogP contribution in [0.1, 0.15) is 27.8 Å². The third-order valence-electron chi connectivity index (χ3n) is 5.58. The Morgan fingerprint density at radius 2 is 1.90 bits per heavy atom. The number of aryl methyl sites for hydroxylation is 2. The van der Waals surface area contributed by atoms with Gasteiger partial charge in [-0.3, -0.25) is 0 Å². The molecule has 0 aliphatic carbocycles. The summed E-state index contributed by atoms with van der Waals surface area (Å²) in [6.07, 6.45) is 6.06. The minimum Gasteiger partial charge on any atom is -0.483 e. The molecule has 1 aliphatic heterocycles. The molecular formula is C24H27N5O. The number of ether oxygens (including phenoxy) is 1. The van der Waals surface area contributed by atoms with E-state index >= 15 is 0 Å². The number of rotatable bonds is 4. The van der Waals surface area contributed by atoms with E-state index in [9.17, 15) is 0 Å². The molecule has 4 N–H and O–H groups in total. The summed E-state index contributed by atoms with van der Waals surface area (Å²) in [6.45, 7) is 5.94. The van der Waals surface area contributed by atoms with Gasteiger partial charge in [-0.1, -0.05) is 23.8 Å². The Morgan fingerprint density at radius 1 is 1.07 bits per heavy atom. The number of hydrogen-bond donors (Lipinski definition) is 2. The molecule has 0 bridgehead atoms. The van der Waals surface area contributed by atoms with Crippen LogP contribution in [0.15, 0.2) is 54.7 Å². The Morgan fingerprint density at radius 3 is 2.70 bits per heavy atom. The number of fused-ring (bicyclic) bond motifs is 2. The zero-order chi connectivity index (χ0) is 21.3. The lowest BCUT2D eigenvalue weighted by atomic mass is 9.97. The van der Waals surface area contributed by atoms with Crippen molar-refractivity contribution in [2.75, 3.05) is 18.6 Å². The minimum absolute atomic E-state index is 0.307. The maximum Gasteiger partial charge on any atom is 0.183 e. The van der Waals surface area contributed by atoms with Crippen LogP contribution < -0.4 is 16.4 Å². The number of allylic oxidation sites excluding steroid dienone is 2. The van der Waals surface area contributed by atoms with Gasteiger partial charge in [0.05, 0.1) is 12.6 Å². The second-order valence-electron chi connectivity index (χ2n) is 7.73. The van der Waals surface area contributed by atoms with Crippen LogP contribution in [0.25, 0.3) is 16.6 Å². The fourth-order valence-electron chi connectivity index (χ4n) is 3.95. The molecule has 0 radical (unpaired) electrons. The number of hydrogen-bond acceptors (Lipinski definition) is 6. The van der Waals surface area contributed by atoms with Crippen LogP contribution in [0.3, 0.4) is 0 Å². The van der Waals surface area contributed by atoms with Crippen molar-refractivity contribution in [3.63, 3.8) is 0 Å². The topological polar surface area (TPSA) is 90.3 Å². The van der Waals surface area contributed by atoms with Crippen molar-refractivity contribution in [3.05, 3.63) is 82.5 Å². The highest BCUT2D eigenvalue weighted by Gasteiger charge is 2.20. The third kappa shape index (κ3) is 3.81. The van der Waals surface area contributed by atoms with E-state index in [-0.39, 0.29) is 0 Å². The summed E-state index contributed by atoms with van der Waals surface area (Å²) in [5.41, 5.74) is 19.6. The van der Waals surface area contributed by atoms with Crippen molar-refractivity contribution in [3.8, 4) is 0 Å². The highest BCUT2D eigenvalue weighted by Crippen LogP contribution is 2.31. The van der Waals surface area contributed by atoms with Gasteiger partial charge in [-0.25, -0.2) is 9.97 Å². The second kappa shape index (κ2) is 8.06. The Bertz CT molecular complexity index is 1170. The zero-order valence-electron chi connectivity index (χ0n) is 17.6. The lowest BCUT2D eigenvalue weighted by Gasteiger charge is -2.31. The van der Waals surface area contributed by atoms with Crippen LogP contribution in [-0.4, -0.2) is 23.6 Å². The molecule has 3 aromatic rings. The molecule has 0 saturated carbocycles. The Labute approximate surface area is 176 Å². The third-order valence-corrected chi connectivity index (χ3v) is 5.58. The van der Waals surface area contributed by atoms with E-state index in [2.05, 4.69) is 46.1 Å². The molecule has 2 aromatic carbocycles.